The first-order valence-electron chi connectivity index (χ1n) is 12.9. The molecule has 1 N–H and O–H groups in total. The molecule has 200 valence electrons. The SMILES string of the molecule is CCc1cc(Cc2ccc(C(=O)N[C@@H]3CN(C(=O)OC(C)(C)C)C[C@@H]3C(=O)OC)cc2)c2ccccc2n1. The van der Waals surface area contributed by atoms with Crippen LogP contribution in [0.5, 0.6) is 0 Å². The molecule has 1 aromatic heterocycles. The lowest BCUT2D eigenvalue weighted by Crippen LogP contribution is -2.43. The van der Waals surface area contributed by atoms with E-state index in [1.165, 1.54) is 17.6 Å². The van der Waals surface area contributed by atoms with Gasteiger partial charge in [0.1, 0.15) is 5.60 Å². The van der Waals surface area contributed by atoms with Gasteiger partial charge in [0, 0.05) is 29.7 Å². The van der Waals surface area contributed by atoms with Crippen molar-refractivity contribution in [3.8, 4) is 0 Å². The molecule has 2 heterocycles. The molecule has 8 heteroatoms. The molecule has 0 unspecified atom stereocenters. The van der Waals surface area contributed by atoms with E-state index in [0.717, 1.165) is 35.0 Å². The highest BCUT2D eigenvalue weighted by atomic mass is 16.6. The van der Waals surface area contributed by atoms with Gasteiger partial charge in [-0.25, -0.2) is 4.79 Å². The van der Waals surface area contributed by atoms with Crippen molar-refractivity contribution in [1.82, 2.24) is 15.2 Å². The Morgan fingerprint density at radius 1 is 1.05 bits per heavy atom. The Balaban J connectivity index is 1.46. The lowest BCUT2D eigenvalue weighted by atomic mass is 9.98. The van der Waals surface area contributed by atoms with Crippen LogP contribution in [0, 0.1) is 5.92 Å². The van der Waals surface area contributed by atoms with Crippen molar-refractivity contribution in [2.45, 2.75) is 52.2 Å². The van der Waals surface area contributed by atoms with Crippen molar-refractivity contribution in [2.75, 3.05) is 20.2 Å². The number of nitrogens with zero attached hydrogens (tertiary/aromatic N) is 2. The quantitative estimate of drug-likeness (QED) is 0.483. The van der Waals surface area contributed by atoms with Crippen LogP contribution in [-0.4, -0.2) is 59.7 Å². The van der Waals surface area contributed by atoms with E-state index in [0.29, 0.717) is 5.56 Å². The summed E-state index contributed by atoms with van der Waals surface area (Å²) in [5, 5.41) is 4.04. The van der Waals surface area contributed by atoms with Gasteiger partial charge in [0.15, 0.2) is 0 Å². The molecule has 0 bridgehead atoms. The smallest absolute Gasteiger partial charge is 0.410 e. The second-order valence-electron chi connectivity index (χ2n) is 10.6. The standard InChI is InChI=1S/C30H35N3O5/c1-6-22-16-21(23-9-7-8-10-25(23)31-22)15-19-11-13-20(14-12-19)27(34)32-26-18-33(17-24(26)28(35)37-5)29(36)38-30(2,3)4/h7-14,16,24,26H,6,15,17-18H2,1-5H3,(H,32,34)/t24-,26+/m0/s1. The first-order chi connectivity index (χ1) is 18.1. The zero-order valence-electron chi connectivity index (χ0n) is 22.6. The fraction of sp³-hybridized carbons (Fsp3) is 0.400. The molecule has 0 aliphatic carbocycles. The van der Waals surface area contributed by atoms with Crippen LogP contribution in [0.15, 0.2) is 54.6 Å². The lowest BCUT2D eigenvalue weighted by molar-refractivity contribution is -0.145. The van der Waals surface area contributed by atoms with Gasteiger partial charge in [-0.1, -0.05) is 37.3 Å². The number of fused-ring (bicyclic) bond motifs is 1. The zero-order chi connectivity index (χ0) is 27.4. The number of nitrogens with one attached hydrogen (secondary N) is 1. The number of hydrogen-bond donors (Lipinski definition) is 1. The number of aromatic nitrogens is 1. The Kier molecular flexibility index (Phi) is 7.99. The van der Waals surface area contributed by atoms with Gasteiger partial charge in [-0.2, -0.15) is 0 Å². The van der Waals surface area contributed by atoms with Crippen molar-refractivity contribution in [1.29, 1.82) is 0 Å². The lowest BCUT2D eigenvalue weighted by Gasteiger charge is -2.24. The maximum absolute atomic E-state index is 13.1. The second kappa shape index (κ2) is 11.2. The van der Waals surface area contributed by atoms with E-state index in [-0.39, 0.29) is 19.0 Å². The zero-order valence-corrected chi connectivity index (χ0v) is 22.6. The number of carbonyl (C=O) groups is 3. The van der Waals surface area contributed by atoms with Crippen molar-refractivity contribution >= 4 is 28.9 Å². The van der Waals surface area contributed by atoms with Crippen LogP contribution in [0.2, 0.25) is 0 Å². The van der Waals surface area contributed by atoms with Crippen LogP contribution in [0.1, 0.15) is 54.9 Å². The minimum atomic E-state index is -0.677. The second-order valence-corrected chi connectivity index (χ2v) is 10.6. The van der Waals surface area contributed by atoms with Crippen LogP contribution < -0.4 is 5.32 Å². The first kappa shape index (κ1) is 27.1. The topological polar surface area (TPSA) is 97.8 Å². The molecular formula is C30H35N3O5. The molecule has 0 radical (unpaired) electrons. The Bertz CT molecular complexity index is 1330. The van der Waals surface area contributed by atoms with Crippen LogP contribution in [0.4, 0.5) is 4.79 Å². The molecule has 3 aromatic rings. The van der Waals surface area contributed by atoms with E-state index in [9.17, 15) is 14.4 Å². The number of likely N-dealkylation sites (tertiary alicyclic amines) is 1. The fourth-order valence-electron chi connectivity index (χ4n) is 4.70. The molecular weight excluding hydrogens is 482 g/mol. The number of para-hydroxylation sites is 1. The molecule has 2 amide bonds. The third-order valence-corrected chi connectivity index (χ3v) is 6.62. The van der Waals surface area contributed by atoms with Gasteiger partial charge in [0.2, 0.25) is 0 Å². The molecule has 1 aliphatic heterocycles. The van der Waals surface area contributed by atoms with Crippen molar-refractivity contribution < 1.29 is 23.9 Å². The third-order valence-electron chi connectivity index (χ3n) is 6.62. The van der Waals surface area contributed by atoms with E-state index in [1.807, 2.05) is 30.3 Å². The molecule has 0 saturated carbocycles. The summed E-state index contributed by atoms with van der Waals surface area (Å²) in [6.45, 7) is 7.71. The Morgan fingerprint density at radius 2 is 1.76 bits per heavy atom. The summed E-state index contributed by atoms with van der Waals surface area (Å²) in [6, 6.07) is 17.1. The number of amides is 2. The van der Waals surface area contributed by atoms with Crippen LogP contribution >= 0.6 is 0 Å². The van der Waals surface area contributed by atoms with Gasteiger partial charge in [-0.15, -0.1) is 0 Å². The average Bonchev–Trinajstić information content (AvgIpc) is 3.31. The maximum Gasteiger partial charge on any atom is 0.410 e. The Hall–Kier alpha value is -3.94. The number of methoxy groups -OCH3 is 1. The van der Waals surface area contributed by atoms with E-state index >= 15 is 0 Å². The first-order valence-corrected chi connectivity index (χ1v) is 12.9. The van der Waals surface area contributed by atoms with Crippen LogP contribution in [0.3, 0.4) is 0 Å². The summed E-state index contributed by atoms with van der Waals surface area (Å²) in [5.74, 6) is -1.47. The fourth-order valence-corrected chi connectivity index (χ4v) is 4.70. The molecule has 8 nitrogen and oxygen atoms in total. The number of aryl methyl sites for hydroxylation is 1. The van der Waals surface area contributed by atoms with Gasteiger partial charge in [0.25, 0.3) is 5.91 Å². The molecule has 1 saturated heterocycles. The Labute approximate surface area is 223 Å². The Morgan fingerprint density at radius 3 is 2.42 bits per heavy atom. The van der Waals surface area contributed by atoms with E-state index in [1.54, 1.807) is 32.9 Å². The predicted octanol–water partition coefficient (Wildman–Crippen LogP) is 4.53. The number of ether oxygens (including phenoxy) is 2. The number of carbonyl (C=O) groups excluding carboxylic acids is 3. The van der Waals surface area contributed by atoms with Gasteiger partial charge in [-0.05, 0) is 69.0 Å². The number of esters is 1. The number of hydrogen-bond acceptors (Lipinski definition) is 6. The highest BCUT2D eigenvalue weighted by Crippen LogP contribution is 2.24. The molecule has 38 heavy (non-hydrogen) atoms. The van der Waals surface area contributed by atoms with E-state index in [2.05, 4.69) is 24.4 Å². The predicted molar refractivity (Wildman–Crippen MR) is 145 cm³/mol. The minimum absolute atomic E-state index is 0.116. The van der Waals surface area contributed by atoms with Crippen molar-refractivity contribution in [3.63, 3.8) is 0 Å². The number of rotatable bonds is 6. The van der Waals surface area contributed by atoms with E-state index < -0.39 is 29.6 Å². The summed E-state index contributed by atoms with van der Waals surface area (Å²) < 4.78 is 10.4. The van der Waals surface area contributed by atoms with Gasteiger partial charge in [-0.3, -0.25) is 14.6 Å². The largest absolute Gasteiger partial charge is 0.469 e. The highest BCUT2D eigenvalue weighted by Gasteiger charge is 2.42. The van der Waals surface area contributed by atoms with Crippen molar-refractivity contribution in [3.05, 3.63) is 77.0 Å². The summed E-state index contributed by atoms with van der Waals surface area (Å²) in [4.78, 5) is 44.2. The molecule has 2 atom stereocenters. The molecule has 4 rings (SSSR count). The van der Waals surface area contributed by atoms with E-state index in [4.69, 9.17) is 14.5 Å². The summed E-state index contributed by atoms with van der Waals surface area (Å²) >= 11 is 0. The van der Waals surface area contributed by atoms with Crippen LogP contribution in [0.25, 0.3) is 10.9 Å². The summed E-state index contributed by atoms with van der Waals surface area (Å²) in [7, 11) is 1.30. The minimum Gasteiger partial charge on any atom is -0.469 e. The van der Waals surface area contributed by atoms with Crippen LogP contribution in [-0.2, 0) is 27.1 Å². The average molecular weight is 518 g/mol. The third kappa shape index (κ3) is 6.30. The maximum atomic E-state index is 13.1. The molecule has 1 aliphatic rings. The molecule has 1 fully saturated rings. The highest BCUT2D eigenvalue weighted by molar-refractivity contribution is 5.95. The molecule has 0 spiro atoms. The summed E-state index contributed by atoms with van der Waals surface area (Å²) in [6.07, 6.45) is 1.05. The number of pyridine rings is 1. The van der Waals surface area contributed by atoms with Crippen molar-refractivity contribution in [2.24, 2.45) is 5.92 Å². The monoisotopic (exact) mass is 517 g/mol. The molecule has 2 aromatic carbocycles. The van der Waals surface area contributed by atoms with Gasteiger partial charge < -0.3 is 19.7 Å². The van der Waals surface area contributed by atoms with Gasteiger partial charge >= 0.3 is 12.1 Å². The number of benzene rings is 2. The van der Waals surface area contributed by atoms with Gasteiger partial charge in [0.05, 0.1) is 24.6 Å². The summed E-state index contributed by atoms with van der Waals surface area (Å²) in [5.41, 5.74) is 4.11. The normalized spacial score (nSPS) is 17.3.